The molecule has 33 heavy (non-hydrogen) atoms. The Kier molecular flexibility index (Phi) is 6.22. The second kappa shape index (κ2) is 9.10. The topological polar surface area (TPSA) is 49.4 Å². The van der Waals surface area contributed by atoms with Crippen LogP contribution in [0.1, 0.15) is 44.7 Å². The largest absolute Gasteiger partial charge is 0.416 e. The molecular weight excluding hydrogens is 429 g/mol. The Hall–Kier alpha value is -3.61. The first-order chi connectivity index (χ1) is 15.7. The molecule has 0 heterocycles. The summed E-state index contributed by atoms with van der Waals surface area (Å²) >= 11 is 0. The van der Waals surface area contributed by atoms with Crippen molar-refractivity contribution in [2.75, 3.05) is 7.05 Å². The molecule has 3 aromatic rings. The maximum absolute atomic E-state index is 13.2. The van der Waals surface area contributed by atoms with E-state index in [1.165, 1.54) is 12.1 Å². The van der Waals surface area contributed by atoms with Gasteiger partial charge < -0.3 is 10.2 Å². The molecule has 1 saturated carbocycles. The van der Waals surface area contributed by atoms with Gasteiger partial charge in [-0.05, 0) is 59.9 Å². The van der Waals surface area contributed by atoms with Crippen LogP contribution in [0.15, 0.2) is 72.8 Å². The van der Waals surface area contributed by atoms with Crippen molar-refractivity contribution in [3.05, 3.63) is 95.1 Å². The lowest BCUT2D eigenvalue weighted by molar-refractivity contribution is -0.137. The number of nitrogens with zero attached hydrogens (tertiary/aromatic N) is 1. The number of halogens is 3. The molecule has 4 rings (SSSR count). The van der Waals surface area contributed by atoms with Gasteiger partial charge in [-0.3, -0.25) is 9.59 Å². The molecule has 1 aliphatic rings. The molecule has 1 N–H and O–H groups in total. The molecule has 0 aromatic heterocycles. The SMILES string of the molecule is CN(Cc1ccc(C(=O)NC2CC2)cc1)C(=O)c1ccccc1-c1ccc(C(F)(F)F)cc1. The summed E-state index contributed by atoms with van der Waals surface area (Å²) in [6.45, 7) is 0.324. The third-order valence-corrected chi connectivity index (χ3v) is 5.58. The van der Waals surface area contributed by atoms with Crippen molar-refractivity contribution >= 4 is 11.8 Å². The van der Waals surface area contributed by atoms with Crippen LogP contribution in [0.25, 0.3) is 11.1 Å². The van der Waals surface area contributed by atoms with Crippen molar-refractivity contribution < 1.29 is 22.8 Å². The Morgan fingerprint density at radius 2 is 1.58 bits per heavy atom. The molecule has 170 valence electrons. The standard InChI is InChI=1S/C26H23F3N2O2/c1-31(16-17-6-8-19(9-7-17)24(32)30-21-14-15-21)25(33)23-5-3-2-4-22(23)18-10-12-20(13-11-18)26(27,28)29/h2-13,21H,14-16H2,1H3,(H,30,32). The second-order valence-corrected chi connectivity index (χ2v) is 8.23. The van der Waals surface area contributed by atoms with E-state index in [-0.39, 0.29) is 17.9 Å². The Bertz CT molecular complexity index is 1150. The predicted molar refractivity (Wildman–Crippen MR) is 120 cm³/mol. The van der Waals surface area contributed by atoms with Crippen LogP contribution in [-0.2, 0) is 12.7 Å². The molecule has 0 aliphatic heterocycles. The Morgan fingerprint density at radius 3 is 2.18 bits per heavy atom. The predicted octanol–water partition coefficient (Wildman–Crippen LogP) is 5.54. The molecule has 0 spiro atoms. The molecule has 0 atom stereocenters. The summed E-state index contributed by atoms with van der Waals surface area (Å²) in [5.41, 5.74) is 2.20. The minimum Gasteiger partial charge on any atom is -0.349 e. The maximum atomic E-state index is 13.2. The maximum Gasteiger partial charge on any atom is 0.416 e. The third-order valence-electron chi connectivity index (χ3n) is 5.58. The number of carbonyl (C=O) groups excluding carboxylic acids is 2. The van der Waals surface area contributed by atoms with Crippen LogP contribution in [0.4, 0.5) is 13.2 Å². The van der Waals surface area contributed by atoms with Gasteiger partial charge in [0.2, 0.25) is 0 Å². The highest BCUT2D eigenvalue weighted by Gasteiger charge is 2.30. The van der Waals surface area contributed by atoms with Crippen LogP contribution in [0, 0.1) is 0 Å². The summed E-state index contributed by atoms with van der Waals surface area (Å²) in [6.07, 6.45) is -2.38. The second-order valence-electron chi connectivity index (χ2n) is 8.23. The quantitative estimate of drug-likeness (QED) is 0.534. The van der Waals surface area contributed by atoms with Gasteiger partial charge in [0.05, 0.1) is 5.56 Å². The monoisotopic (exact) mass is 452 g/mol. The molecule has 2 amide bonds. The zero-order valence-corrected chi connectivity index (χ0v) is 18.0. The van der Waals surface area contributed by atoms with Gasteiger partial charge in [-0.25, -0.2) is 0 Å². The lowest BCUT2D eigenvalue weighted by Crippen LogP contribution is -2.27. The van der Waals surface area contributed by atoms with E-state index in [9.17, 15) is 22.8 Å². The Labute approximate surface area is 190 Å². The number of hydrogen-bond acceptors (Lipinski definition) is 2. The van der Waals surface area contributed by atoms with Gasteiger partial charge in [-0.15, -0.1) is 0 Å². The lowest BCUT2D eigenvalue weighted by atomic mass is 9.97. The Balaban J connectivity index is 1.48. The van der Waals surface area contributed by atoms with Gasteiger partial charge in [-0.2, -0.15) is 13.2 Å². The summed E-state index contributed by atoms with van der Waals surface area (Å²) in [5, 5.41) is 2.94. The van der Waals surface area contributed by atoms with Crippen LogP contribution in [-0.4, -0.2) is 29.8 Å². The number of rotatable bonds is 6. The molecule has 0 bridgehead atoms. The van der Waals surface area contributed by atoms with E-state index >= 15 is 0 Å². The van der Waals surface area contributed by atoms with E-state index < -0.39 is 11.7 Å². The van der Waals surface area contributed by atoms with Crippen LogP contribution in [0.5, 0.6) is 0 Å². The molecule has 0 radical (unpaired) electrons. The summed E-state index contributed by atoms with van der Waals surface area (Å²) < 4.78 is 38.7. The number of alkyl halides is 3. The van der Waals surface area contributed by atoms with E-state index in [2.05, 4.69) is 5.32 Å². The number of amides is 2. The van der Waals surface area contributed by atoms with Crippen molar-refractivity contribution in [3.8, 4) is 11.1 Å². The van der Waals surface area contributed by atoms with E-state index in [4.69, 9.17) is 0 Å². The highest BCUT2D eigenvalue weighted by molar-refractivity contribution is 6.00. The highest BCUT2D eigenvalue weighted by Crippen LogP contribution is 2.32. The molecule has 4 nitrogen and oxygen atoms in total. The first-order valence-corrected chi connectivity index (χ1v) is 10.6. The molecule has 3 aromatic carbocycles. The molecule has 1 aliphatic carbocycles. The minimum atomic E-state index is -4.41. The highest BCUT2D eigenvalue weighted by atomic mass is 19.4. The fraction of sp³-hybridized carbons (Fsp3) is 0.231. The van der Waals surface area contributed by atoms with Gasteiger partial charge in [0.25, 0.3) is 11.8 Å². The normalized spacial score (nSPS) is 13.5. The van der Waals surface area contributed by atoms with Crippen molar-refractivity contribution in [1.29, 1.82) is 0 Å². The number of hydrogen-bond donors (Lipinski definition) is 1. The van der Waals surface area contributed by atoms with Crippen molar-refractivity contribution in [2.45, 2.75) is 31.6 Å². The van der Waals surface area contributed by atoms with Gasteiger partial charge in [-0.1, -0.05) is 42.5 Å². The first kappa shape index (κ1) is 22.6. The van der Waals surface area contributed by atoms with E-state index in [1.54, 1.807) is 48.3 Å². The summed E-state index contributed by atoms with van der Waals surface area (Å²) in [5.74, 6) is -0.347. The van der Waals surface area contributed by atoms with Crippen molar-refractivity contribution in [1.82, 2.24) is 10.2 Å². The zero-order chi connectivity index (χ0) is 23.6. The van der Waals surface area contributed by atoms with Gasteiger partial charge in [0, 0.05) is 30.8 Å². The van der Waals surface area contributed by atoms with Crippen LogP contribution < -0.4 is 5.32 Å². The third kappa shape index (κ3) is 5.42. The fourth-order valence-electron chi connectivity index (χ4n) is 3.57. The number of nitrogens with one attached hydrogen (secondary N) is 1. The van der Waals surface area contributed by atoms with Gasteiger partial charge in [0.15, 0.2) is 0 Å². The Morgan fingerprint density at radius 1 is 0.939 bits per heavy atom. The van der Waals surface area contributed by atoms with Crippen LogP contribution >= 0.6 is 0 Å². The molecule has 1 fully saturated rings. The fourth-order valence-corrected chi connectivity index (χ4v) is 3.57. The zero-order valence-electron chi connectivity index (χ0n) is 18.0. The molecular formula is C26H23F3N2O2. The molecule has 0 unspecified atom stereocenters. The van der Waals surface area contributed by atoms with Crippen LogP contribution in [0.3, 0.4) is 0 Å². The van der Waals surface area contributed by atoms with Crippen molar-refractivity contribution in [2.24, 2.45) is 0 Å². The molecule has 0 saturated heterocycles. The smallest absolute Gasteiger partial charge is 0.349 e. The van der Waals surface area contributed by atoms with E-state index in [1.807, 2.05) is 12.1 Å². The summed E-state index contributed by atoms with van der Waals surface area (Å²) in [4.78, 5) is 26.8. The summed E-state index contributed by atoms with van der Waals surface area (Å²) in [7, 11) is 1.67. The van der Waals surface area contributed by atoms with Gasteiger partial charge in [0.1, 0.15) is 0 Å². The average molecular weight is 452 g/mol. The summed E-state index contributed by atoms with van der Waals surface area (Å²) in [6, 6.07) is 19.0. The lowest BCUT2D eigenvalue weighted by Gasteiger charge is -2.20. The first-order valence-electron chi connectivity index (χ1n) is 10.6. The average Bonchev–Trinajstić information content (AvgIpc) is 3.62. The number of carbonyl (C=O) groups is 2. The molecule has 7 heteroatoms. The number of benzene rings is 3. The van der Waals surface area contributed by atoms with Crippen molar-refractivity contribution in [3.63, 3.8) is 0 Å². The minimum absolute atomic E-state index is 0.0982. The van der Waals surface area contributed by atoms with E-state index in [0.717, 1.165) is 30.5 Å². The van der Waals surface area contributed by atoms with Gasteiger partial charge >= 0.3 is 6.18 Å². The van der Waals surface area contributed by atoms with E-state index in [0.29, 0.717) is 28.8 Å². The van der Waals surface area contributed by atoms with Crippen LogP contribution in [0.2, 0.25) is 0 Å².